The Kier molecular flexibility index (Phi) is 9.06. The highest BCUT2D eigenvalue weighted by Crippen LogP contribution is 2.33. The zero-order valence-corrected chi connectivity index (χ0v) is 23.1. The minimum Gasteiger partial charge on any atom is -0.492 e. The van der Waals surface area contributed by atoms with Crippen molar-refractivity contribution in [1.82, 2.24) is 19.7 Å². The number of benzene rings is 2. The molecular weight excluding hydrogens is 541 g/mol. The Hall–Kier alpha value is -3.79. The molecule has 1 amide bonds. The second kappa shape index (κ2) is 12.6. The summed E-state index contributed by atoms with van der Waals surface area (Å²) in [6.45, 7) is 3.75. The molecule has 0 saturated heterocycles. The van der Waals surface area contributed by atoms with E-state index in [1.54, 1.807) is 19.1 Å². The van der Waals surface area contributed by atoms with Gasteiger partial charge in [0, 0.05) is 34.9 Å². The van der Waals surface area contributed by atoms with Crippen LogP contribution in [0.1, 0.15) is 25.8 Å². The van der Waals surface area contributed by atoms with Crippen molar-refractivity contribution in [3.05, 3.63) is 52.2 Å². The molecule has 12 heteroatoms. The van der Waals surface area contributed by atoms with Gasteiger partial charge in [0.05, 0.1) is 17.8 Å². The zero-order chi connectivity index (χ0) is 27.1. The SMILES string of the molecule is C#Cc1cccc(Nc2ncnc3cc(OCC)c(NC(=O)Cn4nc(SCCC(C)=O)sc4=S)cc23)c1. The summed E-state index contributed by atoms with van der Waals surface area (Å²) in [7, 11) is 0. The lowest BCUT2D eigenvalue weighted by Crippen LogP contribution is -2.20. The number of rotatable bonds is 11. The van der Waals surface area contributed by atoms with Crippen LogP contribution in [0.2, 0.25) is 0 Å². The molecule has 9 nitrogen and oxygen atoms in total. The minimum absolute atomic E-state index is 0.0680. The van der Waals surface area contributed by atoms with Gasteiger partial charge in [-0.15, -0.1) is 6.42 Å². The largest absolute Gasteiger partial charge is 0.492 e. The van der Waals surface area contributed by atoms with Crippen molar-refractivity contribution in [3.8, 4) is 18.1 Å². The van der Waals surface area contributed by atoms with Gasteiger partial charge < -0.3 is 15.4 Å². The normalized spacial score (nSPS) is 10.7. The Labute approximate surface area is 233 Å². The van der Waals surface area contributed by atoms with Gasteiger partial charge in [0.15, 0.2) is 8.29 Å². The molecule has 0 bridgehead atoms. The number of carbonyl (C=O) groups excluding carboxylic acids is 2. The first-order valence-corrected chi connectivity index (χ1v) is 13.8. The summed E-state index contributed by atoms with van der Waals surface area (Å²) in [5.74, 6) is 4.06. The molecule has 2 heterocycles. The van der Waals surface area contributed by atoms with Crippen molar-refractivity contribution in [1.29, 1.82) is 0 Å². The molecule has 194 valence electrons. The van der Waals surface area contributed by atoms with E-state index >= 15 is 0 Å². The maximum absolute atomic E-state index is 13.0. The number of anilines is 3. The van der Waals surface area contributed by atoms with E-state index in [0.717, 1.165) is 11.3 Å². The first-order valence-electron chi connectivity index (χ1n) is 11.6. The minimum atomic E-state index is -0.319. The maximum atomic E-state index is 13.0. The molecule has 4 rings (SSSR count). The lowest BCUT2D eigenvalue weighted by molar-refractivity contribution is -0.117. The third kappa shape index (κ3) is 6.95. The lowest BCUT2D eigenvalue weighted by Gasteiger charge is -2.15. The molecule has 2 N–H and O–H groups in total. The molecule has 0 spiro atoms. The van der Waals surface area contributed by atoms with Gasteiger partial charge >= 0.3 is 0 Å². The van der Waals surface area contributed by atoms with Gasteiger partial charge in [0.2, 0.25) is 5.91 Å². The first-order chi connectivity index (χ1) is 18.4. The number of fused-ring (bicyclic) bond motifs is 1. The summed E-state index contributed by atoms with van der Waals surface area (Å²) in [5.41, 5.74) is 2.62. The number of ketones is 1. The molecule has 0 radical (unpaired) electrons. The van der Waals surface area contributed by atoms with E-state index in [2.05, 4.69) is 31.6 Å². The van der Waals surface area contributed by atoms with Crippen LogP contribution in [0.15, 0.2) is 47.1 Å². The second-order valence-corrected chi connectivity index (χ2v) is 11.0. The summed E-state index contributed by atoms with van der Waals surface area (Å²) in [6, 6.07) is 11.0. The highest BCUT2D eigenvalue weighted by molar-refractivity contribution is 8.01. The Bertz CT molecular complexity index is 1590. The fourth-order valence-corrected chi connectivity index (χ4v) is 5.88. The Balaban J connectivity index is 1.57. The number of Topliss-reactive ketones (excluding diaryl/α,β-unsaturated/α-hetero) is 1. The number of terminal acetylenes is 1. The van der Waals surface area contributed by atoms with E-state index in [1.807, 2.05) is 31.2 Å². The summed E-state index contributed by atoms with van der Waals surface area (Å²) in [5, 5.41) is 11.3. The van der Waals surface area contributed by atoms with E-state index in [4.69, 9.17) is 23.4 Å². The molecular formula is C26H24N6O3S3. The smallest absolute Gasteiger partial charge is 0.246 e. The van der Waals surface area contributed by atoms with Crippen molar-refractivity contribution >= 4 is 75.1 Å². The molecule has 4 aromatic rings. The third-order valence-electron chi connectivity index (χ3n) is 5.16. The molecule has 38 heavy (non-hydrogen) atoms. The number of thioether (sulfide) groups is 1. The van der Waals surface area contributed by atoms with E-state index in [1.165, 1.54) is 34.1 Å². The van der Waals surface area contributed by atoms with Gasteiger partial charge in [-0.05, 0) is 50.3 Å². The standard InChI is InChI=1S/C26H24N6O3S3/c1-4-17-7-6-8-18(11-17)29-24-19-12-21(22(35-5-2)13-20(19)27-15-28-24)30-23(34)14-32-26(36)38-25(31-32)37-10-9-16(3)33/h1,6-8,11-13,15H,5,9-10,14H2,2-3H3,(H,30,34)(H,27,28,29). The number of nitrogens with one attached hydrogen (secondary N) is 2. The van der Waals surface area contributed by atoms with Crippen LogP contribution in [-0.2, 0) is 16.1 Å². The molecule has 0 aliphatic rings. The average molecular weight is 565 g/mol. The van der Waals surface area contributed by atoms with Crippen LogP contribution < -0.4 is 15.4 Å². The van der Waals surface area contributed by atoms with Crippen LogP contribution in [0, 0.1) is 16.3 Å². The van der Waals surface area contributed by atoms with Crippen molar-refractivity contribution < 1.29 is 14.3 Å². The molecule has 0 aliphatic carbocycles. The van der Waals surface area contributed by atoms with E-state index in [-0.39, 0.29) is 18.2 Å². The summed E-state index contributed by atoms with van der Waals surface area (Å²) in [6.07, 6.45) is 7.44. The molecule has 0 unspecified atom stereocenters. The predicted molar refractivity (Wildman–Crippen MR) is 154 cm³/mol. The molecule has 2 aromatic carbocycles. The Morgan fingerprint density at radius 2 is 2.11 bits per heavy atom. The zero-order valence-electron chi connectivity index (χ0n) is 20.7. The number of aromatic nitrogens is 4. The van der Waals surface area contributed by atoms with Gasteiger partial charge in [0.1, 0.15) is 30.2 Å². The average Bonchev–Trinajstić information content (AvgIpc) is 3.23. The Morgan fingerprint density at radius 1 is 1.26 bits per heavy atom. The number of hydrogen-bond donors (Lipinski definition) is 2. The third-order valence-corrected chi connectivity index (χ3v) is 7.61. The number of amides is 1. The van der Waals surface area contributed by atoms with Gasteiger partial charge in [-0.25, -0.2) is 14.6 Å². The molecule has 0 atom stereocenters. The second-order valence-electron chi connectivity index (χ2n) is 8.01. The summed E-state index contributed by atoms with van der Waals surface area (Å²) < 4.78 is 8.45. The van der Waals surface area contributed by atoms with E-state index in [0.29, 0.717) is 55.2 Å². The van der Waals surface area contributed by atoms with Gasteiger partial charge in [-0.3, -0.25) is 9.59 Å². The lowest BCUT2D eigenvalue weighted by atomic mass is 10.1. The summed E-state index contributed by atoms with van der Waals surface area (Å²) in [4.78, 5) is 32.9. The van der Waals surface area contributed by atoms with Crippen molar-refractivity contribution in [3.63, 3.8) is 0 Å². The van der Waals surface area contributed by atoms with Crippen LogP contribution in [0.25, 0.3) is 10.9 Å². The topological polar surface area (TPSA) is 111 Å². The monoisotopic (exact) mass is 564 g/mol. The fourth-order valence-electron chi connectivity index (χ4n) is 3.43. The van der Waals surface area contributed by atoms with Crippen LogP contribution in [0.4, 0.5) is 17.2 Å². The predicted octanol–water partition coefficient (Wildman–Crippen LogP) is 5.45. The number of carbonyl (C=O) groups is 2. The molecule has 2 aromatic heterocycles. The van der Waals surface area contributed by atoms with Crippen molar-refractivity contribution in [2.75, 3.05) is 23.0 Å². The van der Waals surface area contributed by atoms with Crippen molar-refractivity contribution in [2.24, 2.45) is 0 Å². The van der Waals surface area contributed by atoms with E-state index in [9.17, 15) is 9.59 Å². The highest BCUT2D eigenvalue weighted by atomic mass is 32.2. The van der Waals surface area contributed by atoms with E-state index < -0.39 is 0 Å². The van der Waals surface area contributed by atoms with Crippen molar-refractivity contribution in [2.45, 2.75) is 31.2 Å². The quantitative estimate of drug-likeness (QED) is 0.140. The van der Waals surface area contributed by atoms with Crippen LogP contribution in [0.3, 0.4) is 0 Å². The van der Waals surface area contributed by atoms with Gasteiger partial charge in [-0.1, -0.05) is 35.1 Å². The highest BCUT2D eigenvalue weighted by Gasteiger charge is 2.15. The van der Waals surface area contributed by atoms with Gasteiger partial charge in [-0.2, -0.15) is 5.10 Å². The molecule has 0 aliphatic heterocycles. The number of nitrogens with zero attached hydrogens (tertiary/aromatic N) is 4. The first kappa shape index (κ1) is 27.3. The molecule has 0 fully saturated rings. The molecule has 0 saturated carbocycles. The fraction of sp³-hybridized carbons (Fsp3) is 0.231. The Morgan fingerprint density at radius 3 is 2.87 bits per heavy atom. The summed E-state index contributed by atoms with van der Waals surface area (Å²) >= 11 is 8.14. The number of ether oxygens (including phenoxy) is 1. The van der Waals surface area contributed by atoms with Crippen LogP contribution in [0.5, 0.6) is 5.75 Å². The van der Waals surface area contributed by atoms with Crippen LogP contribution in [-0.4, -0.2) is 43.8 Å². The number of hydrogen-bond acceptors (Lipinski definition) is 10. The maximum Gasteiger partial charge on any atom is 0.246 e. The van der Waals surface area contributed by atoms with Gasteiger partial charge in [0.25, 0.3) is 0 Å². The van der Waals surface area contributed by atoms with Crippen LogP contribution >= 0.6 is 35.3 Å².